The Hall–Kier alpha value is -0.870. The largest absolute Gasteiger partial charge is 0.504 e. The molecule has 14 heavy (non-hydrogen) atoms. The summed E-state index contributed by atoms with van der Waals surface area (Å²) in [5, 5.41) is 9.42. The summed E-state index contributed by atoms with van der Waals surface area (Å²) < 4.78 is 13.7. The van der Waals surface area contributed by atoms with Gasteiger partial charge in [0, 0.05) is 10.0 Å². The number of phenolic OH excluding ortho intramolecular Hbond substituents is 1. The van der Waals surface area contributed by atoms with E-state index in [0.717, 1.165) is 0 Å². The van der Waals surface area contributed by atoms with Crippen molar-refractivity contribution < 1.29 is 9.50 Å². The van der Waals surface area contributed by atoms with Gasteiger partial charge in [-0.25, -0.2) is 4.39 Å². The van der Waals surface area contributed by atoms with Gasteiger partial charge in [-0.15, -0.1) is 0 Å². The maximum absolute atomic E-state index is 13.1. The summed E-state index contributed by atoms with van der Waals surface area (Å²) >= 11 is 3.14. The fourth-order valence-electron chi connectivity index (χ4n) is 1.14. The molecule has 1 aromatic rings. The summed E-state index contributed by atoms with van der Waals surface area (Å²) in [4.78, 5) is 0. The zero-order valence-corrected chi connectivity index (χ0v) is 9.14. The first-order valence-electron chi connectivity index (χ1n) is 4.12. The highest BCUT2D eigenvalue weighted by Crippen LogP contribution is 2.31. The van der Waals surface area contributed by atoms with E-state index in [0.29, 0.717) is 28.6 Å². The average molecular weight is 260 g/mol. The maximum atomic E-state index is 13.1. The van der Waals surface area contributed by atoms with Crippen molar-refractivity contribution in [3.8, 4) is 5.75 Å². The van der Waals surface area contributed by atoms with Crippen molar-refractivity contribution in [1.29, 1.82) is 0 Å². The van der Waals surface area contributed by atoms with Crippen molar-refractivity contribution in [3.05, 3.63) is 34.6 Å². The zero-order chi connectivity index (χ0) is 10.7. The minimum atomic E-state index is -0.660. The zero-order valence-electron chi connectivity index (χ0n) is 7.56. The molecule has 0 atom stereocenters. The first-order valence-corrected chi connectivity index (χ1v) is 4.91. The Bertz CT molecular complexity index is 365. The summed E-state index contributed by atoms with van der Waals surface area (Å²) in [6.45, 7) is 4.15. The molecule has 0 amide bonds. The van der Waals surface area contributed by atoms with Gasteiger partial charge in [-0.1, -0.05) is 22.5 Å². The Labute approximate surface area is 90.4 Å². The Kier molecular flexibility index (Phi) is 3.66. The summed E-state index contributed by atoms with van der Waals surface area (Å²) in [6.07, 6.45) is 0.531. The minimum Gasteiger partial charge on any atom is -0.504 e. The molecule has 0 saturated carbocycles. The molecule has 0 aliphatic heterocycles. The van der Waals surface area contributed by atoms with Crippen LogP contribution in [0.3, 0.4) is 0 Å². The molecule has 0 radical (unpaired) electrons. The SMILES string of the molecule is C=C(CCN)c1cc(Br)cc(F)c1O. The van der Waals surface area contributed by atoms with Crippen molar-refractivity contribution in [3.63, 3.8) is 0 Å². The second kappa shape index (κ2) is 4.57. The molecule has 76 valence electrons. The molecule has 0 unspecified atom stereocenters. The number of hydrogen-bond donors (Lipinski definition) is 2. The Morgan fingerprint density at radius 1 is 1.57 bits per heavy atom. The lowest BCUT2D eigenvalue weighted by atomic mass is 10.0. The highest BCUT2D eigenvalue weighted by molar-refractivity contribution is 9.10. The number of nitrogens with two attached hydrogens (primary N) is 1. The van der Waals surface area contributed by atoms with Crippen LogP contribution in [-0.2, 0) is 0 Å². The quantitative estimate of drug-likeness (QED) is 0.877. The highest BCUT2D eigenvalue weighted by atomic mass is 79.9. The van der Waals surface area contributed by atoms with E-state index in [1.54, 1.807) is 6.07 Å². The number of phenols is 1. The van der Waals surface area contributed by atoms with Gasteiger partial charge in [-0.05, 0) is 30.7 Å². The lowest BCUT2D eigenvalue weighted by Crippen LogP contribution is -1.99. The molecule has 0 aliphatic rings. The van der Waals surface area contributed by atoms with Crippen LogP contribution in [0.15, 0.2) is 23.2 Å². The van der Waals surface area contributed by atoms with E-state index < -0.39 is 5.82 Å². The molecule has 4 heteroatoms. The van der Waals surface area contributed by atoms with E-state index in [1.165, 1.54) is 6.07 Å². The topological polar surface area (TPSA) is 46.2 Å². The van der Waals surface area contributed by atoms with E-state index in [2.05, 4.69) is 22.5 Å². The van der Waals surface area contributed by atoms with Gasteiger partial charge in [0.15, 0.2) is 11.6 Å². The van der Waals surface area contributed by atoms with E-state index in [4.69, 9.17) is 5.73 Å². The third-order valence-corrected chi connectivity index (χ3v) is 2.31. The van der Waals surface area contributed by atoms with Gasteiger partial charge >= 0.3 is 0 Å². The molecular weight excluding hydrogens is 249 g/mol. The maximum Gasteiger partial charge on any atom is 0.166 e. The predicted octanol–water partition coefficient (Wildman–Crippen LogP) is 2.66. The third-order valence-electron chi connectivity index (χ3n) is 1.86. The van der Waals surface area contributed by atoms with Crippen molar-refractivity contribution in [2.75, 3.05) is 6.54 Å². The number of rotatable bonds is 3. The third kappa shape index (κ3) is 2.33. The molecular formula is C10H11BrFNO. The van der Waals surface area contributed by atoms with Crippen LogP contribution < -0.4 is 5.73 Å². The van der Waals surface area contributed by atoms with E-state index in [-0.39, 0.29) is 5.75 Å². The summed E-state index contributed by atoms with van der Waals surface area (Å²) in [6, 6.07) is 2.82. The lowest BCUT2D eigenvalue weighted by molar-refractivity contribution is 0.430. The van der Waals surface area contributed by atoms with E-state index in [9.17, 15) is 9.50 Å². The van der Waals surface area contributed by atoms with Crippen LogP contribution in [0.5, 0.6) is 5.75 Å². The number of halogens is 2. The Balaban J connectivity index is 3.13. The first-order chi connectivity index (χ1) is 6.56. The van der Waals surface area contributed by atoms with Crippen molar-refractivity contribution in [1.82, 2.24) is 0 Å². The van der Waals surface area contributed by atoms with Gasteiger partial charge < -0.3 is 10.8 Å². The Morgan fingerprint density at radius 3 is 2.79 bits per heavy atom. The van der Waals surface area contributed by atoms with E-state index >= 15 is 0 Å². The molecule has 1 aromatic carbocycles. The minimum absolute atomic E-state index is 0.369. The van der Waals surface area contributed by atoms with Crippen LogP contribution in [0.2, 0.25) is 0 Å². The first kappa shape index (κ1) is 11.2. The fraction of sp³-hybridized carbons (Fsp3) is 0.200. The van der Waals surface area contributed by atoms with Gasteiger partial charge in [-0.3, -0.25) is 0 Å². The highest BCUT2D eigenvalue weighted by Gasteiger charge is 2.10. The summed E-state index contributed by atoms with van der Waals surface area (Å²) in [5.41, 5.74) is 6.38. The molecule has 0 spiro atoms. The van der Waals surface area contributed by atoms with Gasteiger partial charge in [0.1, 0.15) is 0 Å². The monoisotopic (exact) mass is 259 g/mol. The second-order valence-corrected chi connectivity index (χ2v) is 3.84. The lowest BCUT2D eigenvalue weighted by Gasteiger charge is -2.08. The smallest absolute Gasteiger partial charge is 0.166 e. The normalized spacial score (nSPS) is 10.2. The van der Waals surface area contributed by atoms with Gasteiger partial charge in [0.25, 0.3) is 0 Å². The summed E-state index contributed by atoms with van der Waals surface area (Å²) in [5.74, 6) is -1.03. The predicted molar refractivity (Wildman–Crippen MR) is 58.5 cm³/mol. The molecule has 0 aliphatic carbocycles. The molecule has 2 nitrogen and oxygen atoms in total. The van der Waals surface area contributed by atoms with Crippen LogP contribution >= 0.6 is 15.9 Å². The number of hydrogen-bond acceptors (Lipinski definition) is 2. The number of benzene rings is 1. The van der Waals surface area contributed by atoms with Crippen molar-refractivity contribution >= 4 is 21.5 Å². The summed E-state index contributed by atoms with van der Waals surface area (Å²) in [7, 11) is 0. The van der Waals surface area contributed by atoms with Crippen LogP contribution in [0.1, 0.15) is 12.0 Å². The average Bonchev–Trinajstić information content (AvgIpc) is 2.11. The molecule has 0 aromatic heterocycles. The van der Waals surface area contributed by atoms with Crippen molar-refractivity contribution in [2.45, 2.75) is 6.42 Å². The van der Waals surface area contributed by atoms with Crippen LogP contribution in [0.25, 0.3) is 5.57 Å². The molecule has 1 rings (SSSR count). The van der Waals surface area contributed by atoms with Crippen LogP contribution in [-0.4, -0.2) is 11.7 Å². The Morgan fingerprint density at radius 2 is 2.21 bits per heavy atom. The fourth-order valence-corrected chi connectivity index (χ4v) is 1.57. The van der Waals surface area contributed by atoms with E-state index in [1.807, 2.05) is 0 Å². The van der Waals surface area contributed by atoms with Gasteiger partial charge in [-0.2, -0.15) is 0 Å². The molecule has 0 heterocycles. The molecule has 0 saturated heterocycles. The second-order valence-electron chi connectivity index (χ2n) is 2.93. The van der Waals surface area contributed by atoms with Gasteiger partial charge in [0.2, 0.25) is 0 Å². The van der Waals surface area contributed by atoms with Gasteiger partial charge in [0.05, 0.1) is 0 Å². The molecule has 0 bridgehead atoms. The van der Waals surface area contributed by atoms with Crippen molar-refractivity contribution in [2.24, 2.45) is 5.73 Å². The molecule has 3 N–H and O–H groups in total. The van der Waals surface area contributed by atoms with Crippen LogP contribution in [0.4, 0.5) is 4.39 Å². The standard InChI is InChI=1S/C10H11BrFNO/c1-6(2-3-13)8-4-7(11)5-9(12)10(8)14/h4-5,14H,1-3,13H2. The van der Waals surface area contributed by atoms with Crippen LogP contribution in [0, 0.1) is 5.82 Å². The molecule has 0 fully saturated rings. The number of aromatic hydroxyl groups is 1.